The molecular weight excluding hydrogens is 592 g/mol. The second kappa shape index (κ2) is 10.8. The standard InChI is InChI=1S/C36H54O10/c1-31(2)11-13-36(30(43)44)14-12-33(4)20(21(36)16-31)7-8-24-32(3)17-23(39)27(46-28-26(40)22(38)15-19(18-37)45-28)35(6,29(41)42)25(32)9-10-34(24,33)5/h7,15,21-28,37-40H,8-14,16-18H2,1-6H3,(H,41,42)(H,43,44)/t21-,22-,23?,24+,25+,26+,27?,28+,32+,33+,34+,35-,36-/m0/s1. The molecule has 4 saturated carbocycles. The summed E-state index contributed by atoms with van der Waals surface area (Å²) in [7, 11) is 0. The SMILES string of the molecule is CC1(C)CC[C@]2(C(=O)O)CC[C@]3(C)C(=CC[C@@H]4[C@@]5(C)CC(O)C(O[C@H]6OC(CO)=C[C@H](O)[C@H]6O)[C@@](C)(C(=O)O)[C@@H]5CC[C@]43C)[C@@H]2C1. The van der Waals surface area contributed by atoms with Crippen molar-refractivity contribution in [2.45, 2.75) is 130 Å². The third kappa shape index (κ3) is 4.45. The van der Waals surface area contributed by atoms with Crippen LogP contribution in [0.15, 0.2) is 23.5 Å². The maximum Gasteiger partial charge on any atom is 0.312 e. The lowest BCUT2D eigenvalue weighted by Gasteiger charge is -2.71. The van der Waals surface area contributed by atoms with E-state index in [2.05, 4.69) is 40.7 Å². The number of aliphatic carboxylic acids is 2. The van der Waals surface area contributed by atoms with Gasteiger partial charge in [0, 0.05) is 0 Å². The van der Waals surface area contributed by atoms with Crippen LogP contribution in [0.3, 0.4) is 0 Å². The van der Waals surface area contributed by atoms with Gasteiger partial charge in [0.2, 0.25) is 6.29 Å². The fraction of sp³-hybridized carbons (Fsp3) is 0.833. The summed E-state index contributed by atoms with van der Waals surface area (Å²) in [4.78, 5) is 26.3. The summed E-state index contributed by atoms with van der Waals surface area (Å²) in [6, 6.07) is 0. The van der Waals surface area contributed by atoms with Crippen LogP contribution < -0.4 is 0 Å². The van der Waals surface area contributed by atoms with Gasteiger partial charge >= 0.3 is 11.9 Å². The Hall–Kier alpha value is -1.98. The van der Waals surface area contributed by atoms with Gasteiger partial charge in [-0.3, -0.25) is 9.59 Å². The van der Waals surface area contributed by atoms with Gasteiger partial charge in [0.15, 0.2) is 0 Å². The predicted molar refractivity (Wildman–Crippen MR) is 167 cm³/mol. The molecule has 0 bridgehead atoms. The summed E-state index contributed by atoms with van der Waals surface area (Å²) >= 11 is 0. The lowest BCUT2D eigenvalue weighted by atomic mass is 9.33. The van der Waals surface area contributed by atoms with E-state index in [0.29, 0.717) is 25.7 Å². The Morgan fingerprint density at radius 3 is 2.22 bits per heavy atom. The van der Waals surface area contributed by atoms with Crippen molar-refractivity contribution in [3.05, 3.63) is 23.5 Å². The minimum atomic E-state index is -1.55. The van der Waals surface area contributed by atoms with Crippen molar-refractivity contribution >= 4 is 11.9 Å². The van der Waals surface area contributed by atoms with E-state index in [1.807, 2.05) is 0 Å². The van der Waals surface area contributed by atoms with Crippen LogP contribution in [0.25, 0.3) is 0 Å². The first-order chi connectivity index (χ1) is 21.3. The number of fused-ring (bicyclic) bond motifs is 7. The van der Waals surface area contributed by atoms with E-state index >= 15 is 0 Å². The largest absolute Gasteiger partial charge is 0.481 e. The molecule has 0 amide bonds. The molecule has 10 heteroatoms. The summed E-state index contributed by atoms with van der Waals surface area (Å²) in [5.74, 6) is -2.16. The number of hydrogen-bond donors (Lipinski definition) is 6. The average Bonchev–Trinajstić information content (AvgIpc) is 2.96. The van der Waals surface area contributed by atoms with Crippen LogP contribution in [-0.2, 0) is 19.1 Å². The third-order valence-electron chi connectivity index (χ3n) is 14.8. The van der Waals surface area contributed by atoms with E-state index in [1.54, 1.807) is 6.92 Å². The number of aliphatic hydroxyl groups is 4. The zero-order valence-corrected chi connectivity index (χ0v) is 28.2. The monoisotopic (exact) mass is 646 g/mol. The Morgan fingerprint density at radius 2 is 1.59 bits per heavy atom. The lowest BCUT2D eigenvalue weighted by molar-refractivity contribution is -0.297. The van der Waals surface area contributed by atoms with E-state index in [-0.39, 0.29) is 46.2 Å². The highest BCUT2D eigenvalue weighted by Gasteiger charge is 2.72. The zero-order valence-electron chi connectivity index (χ0n) is 28.2. The first kappa shape index (κ1) is 33.9. The van der Waals surface area contributed by atoms with Gasteiger partial charge in [0.05, 0.1) is 16.9 Å². The molecule has 10 nitrogen and oxygen atoms in total. The summed E-state index contributed by atoms with van der Waals surface area (Å²) in [6.07, 6.45) is 2.81. The molecule has 6 rings (SSSR count). The van der Waals surface area contributed by atoms with E-state index in [9.17, 15) is 40.2 Å². The number of aliphatic hydroxyl groups excluding tert-OH is 4. The minimum Gasteiger partial charge on any atom is -0.481 e. The molecule has 0 saturated heterocycles. The van der Waals surface area contributed by atoms with Crippen molar-refractivity contribution in [1.29, 1.82) is 0 Å². The van der Waals surface area contributed by atoms with Crippen molar-refractivity contribution < 1.29 is 49.7 Å². The average molecular weight is 647 g/mol. The molecule has 258 valence electrons. The molecule has 0 radical (unpaired) electrons. The van der Waals surface area contributed by atoms with Crippen LogP contribution in [-0.4, -0.2) is 79.9 Å². The molecule has 6 N–H and O–H groups in total. The van der Waals surface area contributed by atoms with E-state index in [4.69, 9.17) is 9.47 Å². The number of carboxylic acid groups (broad SMARTS) is 2. The molecule has 4 fully saturated rings. The summed E-state index contributed by atoms with van der Waals surface area (Å²) in [5, 5.41) is 63.9. The molecule has 1 aliphatic heterocycles. The van der Waals surface area contributed by atoms with E-state index < -0.39 is 65.5 Å². The van der Waals surface area contributed by atoms with Crippen molar-refractivity contribution in [3.8, 4) is 0 Å². The number of ether oxygens (including phenoxy) is 2. The topological polar surface area (TPSA) is 174 Å². The third-order valence-corrected chi connectivity index (χ3v) is 14.8. The molecule has 1 heterocycles. The van der Waals surface area contributed by atoms with Gasteiger partial charge < -0.3 is 40.1 Å². The van der Waals surface area contributed by atoms with Crippen LogP contribution >= 0.6 is 0 Å². The molecule has 13 atom stereocenters. The Balaban J connectivity index is 1.37. The van der Waals surface area contributed by atoms with Gasteiger partial charge in [-0.1, -0.05) is 46.3 Å². The molecule has 46 heavy (non-hydrogen) atoms. The molecule has 6 aliphatic rings. The summed E-state index contributed by atoms with van der Waals surface area (Å²) in [6.45, 7) is 12.4. The maximum atomic E-state index is 13.3. The van der Waals surface area contributed by atoms with Crippen LogP contribution in [0.2, 0.25) is 0 Å². The molecule has 0 spiro atoms. The Labute approximate surface area is 271 Å². The fourth-order valence-electron chi connectivity index (χ4n) is 12.0. The minimum absolute atomic E-state index is 0.00203. The second-order valence-corrected chi connectivity index (χ2v) is 17.4. The smallest absolute Gasteiger partial charge is 0.312 e. The summed E-state index contributed by atoms with van der Waals surface area (Å²) < 4.78 is 11.7. The molecule has 0 aromatic rings. The number of carboxylic acids is 2. The van der Waals surface area contributed by atoms with Crippen LogP contribution in [0.1, 0.15) is 99.3 Å². The zero-order chi connectivity index (χ0) is 33.8. The highest BCUT2D eigenvalue weighted by Crippen LogP contribution is 2.76. The molecule has 0 aromatic heterocycles. The lowest BCUT2D eigenvalue weighted by Crippen LogP contribution is -2.69. The quantitative estimate of drug-likeness (QED) is 0.237. The van der Waals surface area contributed by atoms with Gasteiger partial charge in [-0.2, -0.15) is 0 Å². The van der Waals surface area contributed by atoms with Crippen molar-refractivity contribution in [1.82, 2.24) is 0 Å². The van der Waals surface area contributed by atoms with E-state index in [0.717, 1.165) is 25.7 Å². The van der Waals surface area contributed by atoms with E-state index in [1.165, 1.54) is 11.6 Å². The number of allylic oxidation sites excluding steroid dienone is 2. The Kier molecular flexibility index (Phi) is 7.93. The number of rotatable bonds is 5. The fourth-order valence-corrected chi connectivity index (χ4v) is 12.0. The van der Waals surface area contributed by atoms with Crippen molar-refractivity contribution in [2.24, 2.45) is 50.2 Å². The maximum absolute atomic E-state index is 13.3. The first-order valence-corrected chi connectivity index (χ1v) is 17.2. The second-order valence-electron chi connectivity index (χ2n) is 17.4. The van der Waals surface area contributed by atoms with Gasteiger partial charge in [0.1, 0.15) is 30.7 Å². The highest BCUT2D eigenvalue weighted by molar-refractivity contribution is 5.77. The molecule has 2 unspecified atom stereocenters. The number of hydrogen-bond acceptors (Lipinski definition) is 8. The van der Waals surface area contributed by atoms with Gasteiger partial charge in [0.25, 0.3) is 0 Å². The normalized spacial score (nSPS) is 51.2. The van der Waals surface area contributed by atoms with Crippen molar-refractivity contribution in [2.75, 3.05) is 6.61 Å². The van der Waals surface area contributed by atoms with Crippen molar-refractivity contribution in [3.63, 3.8) is 0 Å². The van der Waals surface area contributed by atoms with Crippen LogP contribution in [0, 0.1) is 50.2 Å². The Morgan fingerprint density at radius 1 is 0.913 bits per heavy atom. The van der Waals surface area contributed by atoms with Gasteiger partial charge in [-0.05, 0) is 110 Å². The van der Waals surface area contributed by atoms with Crippen LogP contribution in [0.4, 0.5) is 0 Å². The predicted octanol–water partition coefficient (Wildman–Crippen LogP) is 4.25. The molecule has 5 aliphatic carbocycles. The highest BCUT2D eigenvalue weighted by atomic mass is 16.7. The molecule has 0 aromatic carbocycles. The Bertz CT molecular complexity index is 1340. The molecular formula is C36H54O10. The van der Waals surface area contributed by atoms with Gasteiger partial charge in [-0.25, -0.2) is 0 Å². The van der Waals surface area contributed by atoms with Gasteiger partial charge in [-0.15, -0.1) is 0 Å². The van der Waals surface area contributed by atoms with Crippen LogP contribution in [0.5, 0.6) is 0 Å². The number of carbonyl (C=O) groups is 2. The summed E-state index contributed by atoms with van der Waals surface area (Å²) in [5.41, 5.74) is -2.05. The first-order valence-electron chi connectivity index (χ1n) is 17.2.